The van der Waals surface area contributed by atoms with E-state index in [1.807, 2.05) is 6.07 Å². The number of hydrogen-bond acceptors (Lipinski definition) is 3. The fraction of sp³-hybridized carbons (Fsp3) is 0.667. The largest absolute Gasteiger partial charge is 0.469 e. The standard InChI is InChI=1S/C12H19NO2/c1-2-11-10(5-7-15-11)12(13)9-4-3-6-14-8-9/h5,7,9,12H,2-4,6,8,13H2,1H3. The Morgan fingerprint density at radius 3 is 3.13 bits per heavy atom. The molecular weight excluding hydrogens is 190 g/mol. The first-order valence-corrected chi connectivity index (χ1v) is 5.72. The predicted octanol–water partition coefficient (Wildman–Crippen LogP) is 2.27. The number of aryl methyl sites for hydroxylation is 1. The monoisotopic (exact) mass is 209 g/mol. The summed E-state index contributed by atoms with van der Waals surface area (Å²) in [6.07, 6.45) is 4.93. The Morgan fingerprint density at radius 2 is 2.47 bits per heavy atom. The predicted molar refractivity (Wildman–Crippen MR) is 58.6 cm³/mol. The number of hydrogen-bond donors (Lipinski definition) is 1. The Balaban J connectivity index is 2.08. The van der Waals surface area contributed by atoms with Crippen LogP contribution < -0.4 is 5.73 Å². The maximum atomic E-state index is 6.25. The Bertz CT molecular complexity index is 302. The van der Waals surface area contributed by atoms with E-state index in [0.29, 0.717) is 5.92 Å². The molecule has 15 heavy (non-hydrogen) atoms. The van der Waals surface area contributed by atoms with Gasteiger partial charge in [0.15, 0.2) is 0 Å². The first kappa shape index (κ1) is 10.7. The zero-order valence-electron chi connectivity index (χ0n) is 9.24. The second kappa shape index (κ2) is 4.81. The van der Waals surface area contributed by atoms with Gasteiger partial charge in [-0.05, 0) is 18.9 Å². The third-order valence-electron chi connectivity index (χ3n) is 3.16. The number of nitrogens with two attached hydrogens (primary N) is 1. The third kappa shape index (κ3) is 2.24. The molecule has 2 N–H and O–H groups in total. The van der Waals surface area contributed by atoms with Crippen molar-refractivity contribution in [2.45, 2.75) is 32.2 Å². The first-order chi connectivity index (χ1) is 7.33. The number of furan rings is 1. The molecule has 3 heteroatoms. The molecule has 84 valence electrons. The van der Waals surface area contributed by atoms with Crippen LogP contribution in [0.5, 0.6) is 0 Å². The highest BCUT2D eigenvalue weighted by molar-refractivity contribution is 5.22. The SMILES string of the molecule is CCc1occc1C(N)C1CCCOC1. The van der Waals surface area contributed by atoms with E-state index in [1.165, 1.54) is 0 Å². The maximum Gasteiger partial charge on any atom is 0.108 e. The van der Waals surface area contributed by atoms with Gasteiger partial charge < -0.3 is 14.9 Å². The average molecular weight is 209 g/mol. The van der Waals surface area contributed by atoms with Crippen molar-refractivity contribution in [1.82, 2.24) is 0 Å². The van der Waals surface area contributed by atoms with Gasteiger partial charge in [0.05, 0.1) is 12.9 Å². The van der Waals surface area contributed by atoms with Gasteiger partial charge in [-0.3, -0.25) is 0 Å². The zero-order chi connectivity index (χ0) is 10.7. The molecule has 0 saturated carbocycles. The Labute approximate surface area is 90.6 Å². The lowest BCUT2D eigenvalue weighted by Gasteiger charge is -2.27. The second-order valence-electron chi connectivity index (χ2n) is 4.16. The summed E-state index contributed by atoms with van der Waals surface area (Å²) in [6, 6.07) is 2.07. The van der Waals surface area contributed by atoms with Crippen LogP contribution in [-0.2, 0) is 11.2 Å². The van der Waals surface area contributed by atoms with Crippen LogP contribution >= 0.6 is 0 Å². The molecule has 0 spiro atoms. The molecule has 0 aliphatic carbocycles. The molecular formula is C12H19NO2. The van der Waals surface area contributed by atoms with Gasteiger partial charge >= 0.3 is 0 Å². The highest BCUT2D eigenvalue weighted by Crippen LogP contribution is 2.29. The van der Waals surface area contributed by atoms with Crippen LogP contribution in [-0.4, -0.2) is 13.2 Å². The molecule has 0 radical (unpaired) electrons. The highest BCUT2D eigenvalue weighted by atomic mass is 16.5. The smallest absolute Gasteiger partial charge is 0.108 e. The molecule has 2 unspecified atom stereocenters. The van der Waals surface area contributed by atoms with Gasteiger partial charge in [0.2, 0.25) is 0 Å². The van der Waals surface area contributed by atoms with Crippen LogP contribution in [0.3, 0.4) is 0 Å². The van der Waals surface area contributed by atoms with Crippen molar-refractivity contribution in [1.29, 1.82) is 0 Å². The van der Waals surface area contributed by atoms with Crippen LogP contribution in [0.25, 0.3) is 0 Å². The molecule has 1 aliphatic rings. The minimum absolute atomic E-state index is 0.0685. The summed E-state index contributed by atoms with van der Waals surface area (Å²) >= 11 is 0. The molecule has 1 aromatic rings. The number of rotatable bonds is 3. The lowest BCUT2D eigenvalue weighted by molar-refractivity contribution is 0.0445. The molecule has 1 aliphatic heterocycles. The van der Waals surface area contributed by atoms with Gasteiger partial charge in [-0.1, -0.05) is 6.92 Å². The van der Waals surface area contributed by atoms with E-state index in [0.717, 1.165) is 43.8 Å². The van der Waals surface area contributed by atoms with Gasteiger partial charge in [0.25, 0.3) is 0 Å². The van der Waals surface area contributed by atoms with E-state index < -0.39 is 0 Å². The highest BCUT2D eigenvalue weighted by Gasteiger charge is 2.24. The Hall–Kier alpha value is -0.800. The third-order valence-corrected chi connectivity index (χ3v) is 3.16. The van der Waals surface area contributed by atoms with Crippen LogP contribution in [0.15, 0.2) is 16.7 Å². The summed E-state index contributed by atoms with van der Waals surface area (Å²) < 4.78 is 10.9. The van der Waals surface area contributed by atoms with Gasteiger partial charge in [-0.25, -0.2) is 0 Å². The van der Waals surface area contributed by atoms with E-state index in [9.17, 15) is 0 Å². The van der Waals surface area contributed by atoms with Crippen LogP contribution in [0.1, 0.15) is 37.1 Å². The molecule has 2 rings (SSSR count). The maximum absolute atomic E-state index is 6.25. The van der Waals surface area contributed by atoms with E-state index >= 15 is 0 Å². The van der Waals surface area contributed by atoms with E-state index in [-0.39, 0.29) is 6.04 Å². The summed E-state index contributed by atoms with van der Waals surface area (Å²) in [5.74, 6) is 1.47. The summed E-state index contributed by atoms with van der Waals surface area (Å²) in [6.45, 7) is 3.76. The normalized spacial score (nSPS) is 24.0. The van der Waals surface area contributed by atoms with Crippen LogP contribution in [0.4, 0.5) is 0 Å². The van der Waals surface area contributed by atoms with Crippen LogP contribution in [0, 0.1) is 5.92 Å². The Morgan fingerprint density at radius 1 is 1.60 bits per heavy atom. The minimum Gasteiger partial charge on any atom is -0.469 e. The van der Waals surface area contributed by atoms with Crippen molar-refractivity contribution < 1.29 is 9.15 Å². The summed E-state index contributed by atoms with van der Waals surface area (Å²) in [5, 5.41) is 0. The van der Waals surface area contributed by atoms with Crippen molar-refractivity contribution in [3.05, 3.63) is 23.7 Å². The Kier molecular flexibility index (Phi) is 3.44. The zero-order valence-corrected chi connectivity index (χ0v) is 9.24. The fourth-order valence-corrected chi connectivity index (χ4v) is 2.24. The van der Waals surface area contributed by atoms with E-state index in [1.54, 1.807) is 6.26 Å². The van der Waals surface area contributed by atoms with Gasteiger partial charge in [-0.15, -0.1) is 0 Å². The van der Waals surface area contributed by atoms with E-state index in [2.05, 4.69) is 6.92 Å². The average Bonchev–Trinajstić information content (AvgIpc) is 2.77. The topological polar surface area (TPSA) is 48.4 Å². The van der Waals surface area contributed by atoms with Crippen LogP contribution in [0.2, 0.25) is 0 Å². The van der Waals surface area contributed by atoms with Crippen molar-refractivity contribution in [3.63, 3.8) is 0 Å². The fourth-order valence-electron chi connectivity index (χ4n) is 2.24. The molecule has 0 bridgehead atoms. The lowest BCUT2D eigenvalue weighted by Crippen LogP contribution is -2.29. The summed E-state index contributed by atoms with van der Waals surface area (Å²) in [7, 11) is 0. The first-order valence-electron chi connectivity index (χ1n) is 5.72. The summed E-state index contributed by atoms with van der Waals surface area (Å²) in [4.78, 5) is 0. The molecule has 1 fully saturated rings. The van der Waals surface area contributed by atoms with Crippen molar-refractivity contribution in [3.8, 4) is 0 Å². The molecule has 1 saturated heterocycles. The van der Waals surface area contributed by atoms with E-state index in [4.69, 9.17) is 14.9 Å². The van der Waals surface area contributed by atoms with Gasteiger partial charge in [-0.2, -0.15) is 0 Å². The molecule has 2 atom stereocenters. The van der Waals surface area contributed by atoms with Crippen molar-refractivity contribution >= 4 is 0 Å². The minimum atomic E-state index is 0.0685. The number of ether oxygens (including phenoxy) is 1. The molecule has 2 heterocycles. The van der Waals surface area contributed by atoms with Gasteiger partial charge in [0, 0.05) is 30.6 Å². The molecule has 3 nitrogen and oxygen atoms in total. The van der Waals surface area contributed by atoms with Crippen molar-refractivity contribution in [2.24, 2.45) is 11.7 Å². The lowest BCUT2D eigenvalue weighted by atomic mass is 9.89. The second-order valence-corrected chi connectivity index (χ2v) is 4.16. The molecule has 1 aromatic heterocycles. The van der Waals surface area contributed by atoms with Gasteiger partial charge in [0.1, 0.15) is 5.76 Å². The molecule has 0 aromatic carbocycles. The molecule has 0 amide bonds. The summed E-state index contributed by atoms with van der Waals surface area (Å²) in [5.41, 5.74) is 7.41. The quantitative estimate of drug-likeness (QED) is 0.830. The van der Waals surface area contributed by atoms with Crippen molar-refractivity contribution in [2.75, 3.05) is 13.2 Å².